The summed E-state index contributed by atoms with van der Waals surface area (Å²) in [5, 5.41) is 0. The van der Waals surface area contributed by atoms with E-state index in [0.717, 1.165) is 10.6 Å². The van der Waals surface area contributed by atoms with E-state index in [9.17, 15) is 43.2 Å². The highest BCUT2D eigenvalue weighted by Crippen LogP contribution is 2.37. The van der Waals surface area contributed by atoms with Gasteiger partial charge < -0.3 is 0 Å². The quantitative estimate of drug-likeness (QED) is 0.619. The first-order valence-corrected chi connectivity index (χ1v) is 11.7. The van der Waals surface area contributed by atoms with Gasteiger partial charge in [-0.3, -0.25) is 4.90 Å². The smallest absolute Gasteiger partial charge is 0.300 e. The topological polar surface area (TPSA) is 74.8 Å². The molecule has 14 heteroatoms. The molecule has 0 N–H and O–H groups in total. The average Bonchev–Trinajstić information content (AvgIpc) is 2.58. The summed E-state index contributed by atoms with van der Waals surface area (Å²) in [6, 6.07) is 0.226. The fraction of sp³-hybridized carbons (Fsp3) is 0.600. The van der Waals surface area contributed by atoms with Crippen LogP contribution >= 0.6 is 0 Å². The number of nitrogens with zero attached hydrogens (tertiary/aromatic N) is 2. The molecule has 1 aromatic carbocycles. The SMILES string of the molecule is CS(=O)(=O)CCN1CCN(S(=O)(=O)c2cc(C(F)(F)F)cc(C(F)(F)F)c2)CC1. The summed E-state index contributed by atoms with van der Waals surface area (Å²) in [4.78, 5) is 0.560. The van der Waals surface area contributed by atoms with Gasteiger partial charge in [0.25, 0.3) is 0 Å². The van der Waals surface area contributed by atoms with Crippen LogP contribution in [0.15, 0.2) is 23.1 Å². The van der Waals surface area contributed by atoms with Crippen LogP contribution in [0.4, 0.5) is 26.3 Å². The van der Waals surface area contributed by atoms with Gasteiger partial charge in [-0.15, -0.1) is 0 Å². The fourth-order valence-electron chi connectivity index (χ4n) is 2.71. The molecular formula is C15H18F6N2O4S2. The van der Waals surface area contributed by atoms with Gasteiger partial charge in [0.1, 0.15) is 9.84 Å². The van der Waals surface area contributed by atoms with Gasteiger partial charge in [0.2, 0.25) is 10.0 Å². The number of rotatable bonds is 5. The van der Waals surface area contributed by atoms with Gasteiger partial charge in [0, 0.05) is 39.0 Å². The monoisotopic (exact) mass is 468 g/mol. The third kappa shape index (κ3) is 6.30. The van der Waals surface area contributed by atoms with Crippen molar-refractivity contribution in [1.82, 2.24) is 9.21 Å². The lowest BCUT2D eigenvalue weighted by molar-refractivity contribution is -0.143. The van der Waals surface area contributed by atoms with Crippen LogP contribution in [0.1, 0.15) is 11.1 Å². The third-order valence-electron chi connectivity index (χ3n) is 4.31. The van der Waals surface area contributed by atoms with Gasteiger partial charge in [-0.05, 0) is 18.2 Å². The van der Waals surface area contributed by atoms with Crippen molar-refractivity contribution in [3.63, 3.8) is 0 Å². The van der Waals surface area contributed by atoms with Crippen molar-refractivity contribution in [2.75, 3.05) is 44.7 Å². The average molecular weight is 468 g/mol. The van der Waals surface area contributed by atoms with Crippen LogP contribution in [0.3, 0.4) is 0 Å². The number of benzene rings is 1. The third-order valence-corrected chi connectivity index (χ3v) is 7.11. The number of hydrogen-bond acceptors (Lipinski definition) is 5. The van der Waals surface area contributed by atoms with Gasteiger partial charge in [-0.1, -0.05) is 0 Å². The van der Waals surface area contributed by atoms with E-state index in [0.29, 0.717) is 0 Å². The van der Waals surface area contributed by atoms with Crippen molar-refractivity contribution in [3.8, 4) is 0 Å². The number of piperazine rings is 1. The van der Waals surface area contributed by atoms with E-state index in [4.69, 9.17) is 0 Å². The standard InChI is InChI=1S/C15H18F6N2O4S2/c1-28(24,25)7-6-22-2-4-23(5-3-22)29(26,27)13-9-11(14(16,17)18)8-12(10-13)15(19,20)21/h8-10H,2-7H2,1H3. The molecule has 0 atom stereocenters. The molecule has 1 aliphatic heterocycles. The lowest BCUT2D eigenvalue weighted by Gasteiger charge is -2.34. The van der Waals surface area contributed by atoms with Crippen LogP contribution in [0.5, 0.6) is 0 Å². The highest BCUT2D eigenvalue weighted by Gasteiger charge is 2.39. The lowest BCUT2D eigenvalue weighted by atomic mass is 10.1. The Balaban J connectivity index is 2.27. The molecule has 0 spiro atoms. The minimum atomic E-state index is -5.16. The first-order valence-electron chi connectivity index (χ1n) is 8.20. The Hall–Kier alpha value is -1.38. The van der Waals surface area contributed by atoms with Crippen LogP contribution in [0.25, 0.3) is 0 Å². The highest BCUT2D eigenvalue weighted by atomic mass is 32.2. The predicted molar refractivity (Wildman–Crippen MR) is 91.4 cm³/mol. The first kappa shape index (κ1) is 23.9. The van der Waals surface area contributed by atoms with Gasteiger partial charge in [0.05, 0.1) is 21.8 Å². The molecule has 1 fully saturated rings. The van der Waals surface area contributed by atoms with Gasteiger partial charge >= 0.3 is 12.4 Å². The molecule has 1 saturated heterocycles. The molecule has 0 bridgehead atoms. The predicted octanol–water partition coefficient (Wildman–Crippen LogP) is 2.08. The number of hydrogen-bond donors (Lipinski definition) is 0. The van der Waals surface area contributed by atoms with Crippen molar-refractivity contribution in [3.05, 3.63) is 29.3 Å². The van der Waals surface area contributed by atoms with Crippen LogP contribution in [0, 0.1) is 0 Å². The number of sulfonamides is 1. The second-order valence-corrected chi connectivity index (χ2v) is 10.8. The minimum Gasteiger partial charge on any atom is -0.300 e. The second kappa shape index (κ2) is 8.04. The molecule has 0 unspecified atom stereocenters. The van der Waals surface area contributed by atoms with E-state index in [1.807, 2.05) is 0 Å². The second-order valence-electron chi connectivity index (χ2n) is 6.62. The molecule has 0 amide bonds. The summed E-state index contributed by atoms with van der Waals surface area (Å²) in [5.74, 6) is -0.150. The van der Waals surface area contributed by atoms with Crippen molar-refractivity contribution >= 4 is 19.9 Å². The zero-order valence-corrected chi connectivity index (χ0v) is 16.7. The summed E-state index contributed by atoms with van der Waals surface area (Å²) < 4.78 is 126. The van der Waals surface area contributed by atoms with Crippen LogP contribution in [0.2, 0.25) is 0 Å². The Morgan fingerprint density at radius 2 is 1.28 bits per heavy atom. The Bertz CT molecular complexity index is 918. The van der Waals surface area contributed by atoms with E-state index >= 15 is 0 Å². The van der Waals surface area contributed by atoms with Crippen LogP contribution in [-0.2, 0) is 32.2 Å². The summed E-state index contributed by atoms with van der Waals surface area (Å²) in [5.41, 5.74) is -3.42. The maximum Gasteiger partial charge on any atom is 0.416 e. The first-order chi connectivity index (χ1) is 13.0. The van der Waals surface area contributed by atoms with Crippen molar-refractivity contribution < 1.29 is 43.2 Å². The molecule has 29 heavy (non-hydrogen) atoms. The van der Waals surface area contributed by atoms with E-state index in [1.54, 1.807) is 4.90 Å². The van der Waals surface area contributed by atoms with E-state index in [1.165, 1.54) is 0 Å². The molecule has 1 aromatic rings. The minimum absolute atomic E-state index is 0.0971. The molecule has 1 aliphatic rings. The lowest BCUT2D eigenvalue weighted by Crippen LogP contribution is -2.49. The maximum atomic E-state index is 13.0. The summed E-state index contributed by atoms with van der Waals surface area (Å²) >= 11 is 0. The maximum absolute atomic E-state index is 13.0. The molecule has 6 nitrogen and oxygen atoms in total. The number of alkyl halides is 6. The van der Waals surface area contributed by atoms with Gasteiger partial charge in [0.15, 0.2) is 0 Å². The molecule has 0 radical (unpaired) electrons. The van der Waals surface area contributed by atoms with Gasteiger partial charge in [-0.2, -0.15) is 30.6 Å². The van der Waals surface area contributed by atoms with Crippen LogP contribution < -0.4 is 0 Å². The molecule has 0 aromatic heterocycles. The van der Waals surface area contributed by atoms with Crippen molar-refractivity contribution in [2.24, 2.45) is 0 Å². The zero-order valence-electron chi connectivity index (χ0n) is 15.1. The molecule has 166 valence electrons. The highest BCUT2D eigenvalue weighted by molar-refractivity contribution is 7.90. The van der Waals surface area contributed by atoms with Crippen LogP contribution in [-0.4, -0.2) is 70.8 Å². The molecule has 1 heterocycles. The van der Waals surface area contributed by atoms with Crippen molar-refractivity contribution in [2.45, 2.75) is 17.2 Å². The molecule has 0 saturated carbocycles. The number of sulfone groups is 1. The Morgan fingerprint density at radius 3 is 1.66 bits per heavy atom. The molecular weight excluding hydrogens is 450 g/mol. The van der Waals surface area contributed by atoms with Crippen molar-refractivity contribution in [1.29, 1.82) is 0 Å². The molecule has 0 aliphatic carbocycles. The van der Waals surface area contributed by atoms with Gasteiger partial charge in [-0.25, -0.2) is 16.8 Å². The fourth-order valence-corrected chi connectivity index (χ4v) is 4.80. The Morgan fingerprint density at radius 1 is 0.828 bits per heavy atom. The zero-order chi connectivity index (χ0) is 22.3. The summed E-state index contributed by atoms with van der Waals surface area (Å²) in [6.45, 7) is -0.0401. The largest absolute Gasteiger partial charge is 0.416 e. The molecule has 2 rings (SSSR count). The number of halogens is 6. The van der Waals surface area contributed by atoms with E-state index < -0.39 is 48.2 Å². The summed E-state index contributed by atoms with van der Waals surface area (Å²) in [6.07, 6.45) is -9.27. The Labute approximate surface area is 164 Å². The van der Waals surface area contributed by atoms with E-state index in [-0.39, 0.29) is 56.7 Å². The van der Waals surface area contributed by atoms with E-state index in [2.05, 4.69) is 0 Å². The summed E-state index contributed by atoms with van der Waals surface area (Å²) in [7, 11) is -7.84. The Kier molecular flexibility index (Phi) is 6.62. The normalized spacial score (nSPS) is 18.2.